The molecule has 0 radical (unpaired) electrons. The lowest BCUT2D eigenvalue weighted by molar-refractivity contribution is -0.134. The molecule has 2 N–H and O–H groups in total. The first-order chi connectivity index (χ1) is 10.1. The van der Waals surface area contributed by atoms with Crippen LogP contribution in [0.3, 0.4) is 0 Å². The molecule has 0 saturated carbocycles. The van der Waals surface area contributed by atoms with Crippen LogP contribution in [0.5, 0.6) is 0 Å². The monoisotopic (exact) mass is 292 g/mol. The summed E-state index contributed by atoms with van der Waals surface area (Å²) in [7, 11) is 0. The summed E-state index contributed by atoms with van der Waals surface area (Å²) in [6.07, 6.45) is 3.96. The van der Waals surface area contributed by atoms with Crippen LogP contribution in [0, 0.1) is 6.92 Å². The van der Waals surface area contributed by atoms with Gasteiger partial charge in [0.1, 0.15) is 0 Å². The van der Waals surface area contributed by atoms with Crippen molar-refractivity contribution in [3.05, 3.63) is 17.5 Å². The van der Waals surface area contributed by atoms with Gasteiger partial charge >= 0.3 is 0 Å². The highest BCUT2D eigenvalue weighted by Gasteiger charge is 2.33. The number of nitrogens with two attached hydrogens (primary N) is 1. The maximum Gasteiger partial charge on any atom is 0.237 e. The first-order valence-corrected chi connectivity index (χ1v) is 7.84. The Bertz CT molecular complexity index is 494. The van der Waals surface area contributed by atoms with Gasteiger partial charge in [0.2, 0.25) is 5.91 Å². The molecule has 1 aromatic rings. The number of amides is 1. The molecule has 1 aromatic heterocycles. The number of likely N-dealkylation sites (tertiary alicyclic amines) is 2. The standard InChI is InChI=1S/C15H24N4O2/c1-11-9-14(21-17-11)13-3-2-6-19(13)15(20)10-18-7-4-12(16)5-8-18/h9,12-13H,2-8,10,16H2,1H3. The lowest BCUT2D eigenvalue weighted by Gasteiger charge is -2.32. The molecule has 1 unspecified atom stereocenters. The molecule has 0 aromatic carbocycles. The molecule has 1 atom stereocenters. The van der Waals surface area contributed by atoms with Gasteiger partial charge in [0.15, 0.2) is 5.76 Å². The summed E-state index contributed by atoms with van der Waals surface area (Å²) >= 11 is 0. The average Bonchev–Trinajstić information content (AvgIpc) is 3.09. The van der Waals surface area contributed by atoms with E-state index in [0.717, 1.165) is 56.8 Å². The molecule has 0 bridgehead atoms. The van der Waals surface area contributed by atoms with Gasteiger partial charge in [0.05, 0.1) is 18.3 Å². The van der Waals surface area contributed by atoms with Crippen LogP contribution >= 0.6 is 0 Å². The zero-order chi connectivity index (χ0) is 14.8. The Hall–Kier alpha value is -1.40. The van der Waals surface area contributed by atoms with Crippen LogP contribution in [0.1, 0.15) is 43.2 Å². The summed E-state index contributed by atoms with van der Waals surface area (Å²) in [6.45, 7) is 5.07. The molecule has 21 heavy (non-hydrogen) atoms. The Balaban J connectivity index is 1.61. The molecule has 3 heterocycles. The highest BCUT2D eigenvalue weighted by atomic mass is 16.5. The molecule has 2 saturated heterocycles. The normalized spacial score (nSPS) is 24.7. The zero-order valence-corrected chi connectivity index (χ0v) is 12.6. The van der Waals surface area contributed by atoms with E-state index in [-0.39, 0.29) is 11.9 Å². The van der Waals surface area contributed by atoms with Crippen molar-refractivity contribution in [1.82, 2.24) is 15.0 Å². The van der Waals surface area contributed by atoms with Crippen LogP contribution in [-0.2, 0) is 4.79 Å². The number of hydrogen-bond donors (Lipinski definition) is 1. The highest BCUT2D eigenvalue weighted by Crippen LogP contribution is 2.32. The number of piperidine rings is 1. The van der Waals surface area contributed by atoms with E-state index < -0.39 is 0 Å². The van der Waals surface area contributed by atoms with Crippen LogP contribution in [0.2, 0.25) is 0 Å². The first-order valence-electron chi connectivity index (χ1n) is 7.84. The van der Waals surface area contributed by atoms with Gasteiger partial charge in [-0.25, -0.2) is 0 Å². The van der Waals surface area contributed by atoms with Gasteiger partial charge in [-0.2, -0.15) is 0 Å². The minimum absolute atomic E-state index is 0.0609. The molecule has 1 amide bonds. The molecular formula is C15H24N4O2. The van der Waals surface area contributed by atoms with E-state index in [2.05, 4.69) is 10.1 Å². The van der Waals surface area contributed by atoms with E-state index in [0.29, 0.717) is 12.6 Å². The van der Waals surface area contributed by atoms with Crippen molar-refractivity contribution >= 4 is 5.91 Å². The molecule has 2 aliphatic rings. The Morgan fingerprint density at radius 3 is 2.81 bits per heavy atom. The van der Waals surface area contributed by atoms with Gasteiger partial charge in [-0.15, -0.1) is 0 Å². The second-order valence-electron chi connectivity index (χ2n) is 6.23. The molecule has 116 valence electrons. The van der Waals surface area contributed by atoms with E-state index >= 15 is 0 Å². The number of nitrogens with zero attached hydrogens (tertiary/aromatic N) is 3. The summed E-state index contributed by atoms with van der Waals surface area (Å²) in [4.78, 5) is 16.7. The maximum absolute atomic E-state index is 12.6. The van der Waals surface area contributed by atoms with E-state index in [1.807, 2.05) is 17.9 Å². The molecule has 6 heteroatoms. The van der Waals surface area contributed by atoms with Gasteiger partial charge in [-0.3, -0.25) is 9.69 Å². The molecule has 2 fully saturated rings. The van der Waals surface area contributed by atoms with Crippen molar-refractivity contribution in [2.45, 2.75) is 44.7 Å². The summed E-state index contributed by atoms with van der Waals surface area (Å²) in [5.41, 5.74) is 6.78. The van der Waals surface area contributed by atoms with Gasteiger partial charge < -0.3 is 15.2 Å². The van der Waals surface area contributed by atoms with Crippen LogP contribution in [0.25, 0.3) is 0 Å². The number of carbonyl (C=O) groups excluding carboxylic acids is 1. The summed E-state index contributed by atoms with van der Waals surface area (Å²) < 4.78 is 5.36. The van der Waals surface area contributed by atoms with Crippen molar-refractivity contribution in [3.63, 3.8) is 0 Å². The SMILES string of the molecule is Cc1cc(C2CCCN2C(=O)CN2CCC(N)CC2)on1. The second kappa shape index (κ2) is 6.15. The van der Waals surface area contributed by atoms with E-state index in [1.165, 1.54) is 0 Å². The quantitative estimate of drug-likeness (QED) is 0.902. The smallest absolute Gasteiger partial charge is 0.237 e. The third-order valence-electron chi connectivity index (χ3n) is 4.54. The molecular weight excluding hydrogens is 268 g/mol. The fraction of sp³-hybridized carbons (Fsp3) is 0.733. The number of aromatic nitrogens is 1. The van der Waals surface area contributed by atoms with Gasteiger partial charge in [0.25, 0.3) is 0 Å². The molecule has 3 rings (SSSR count). The molecule has 2 aliphatic heterocycles. The van der Waals surface area contributed by atoms with Crippen molar-refractivity contribution in [2.75, 3.05) is 26.2 Å². The molecule has 6 nitrogen and oxygen atoms in total. The first kappa shape index (κ1) is 14.5. The largest absolute Gasteiger partial charge is 0.359 e. The van der Waals surface area contributed by atoms with Crippen molar-refractivity contribution in [1.29, 1.82) is 0 Å². The van der Waals surface area contributed by atoms with Gasteiger partial charge in [-0.1, -0.05) is 5.16 Å². The van der Waals surface area contributed by atoms with E-state index in [4.69, 9.17) is 10.3 Å². The fourth-order valence-electron chi connectivity index (χ4n) is 3.29. The van der Waals surface area contributed by atoms with Crippen molar-refractivity contribution < 1.29 is 9.32 Å². The third-order valence-corrected chi connectivity index (χ3v) is 4.54. The Kier molecular flexibility index (Phi) is 4.26. The minimum Gasteiger partial charge on any atom is -0.359 e. The zero-order valence-electron chi connectivity index (χ0n) is 12.6. The van der Waals surface area contributed by atoms with Crippen LogP contribution in [0.4, 0.5) is 0 Å². The third kappa shape index (κ3) is 3.27. The van der Waals surface area contributed by atoms with Crippen LogP contribution in [0.15, 0.2) is 10.6 Å². The molecule has 0 aliphatic carbocycles. The average molecular weight is 292 g/mol. The summed E-state index contributed by atoms with van der Waals surface area (Å²) in [6, 6.07) is 2.30. The minimum atomic E-state index is 0.0609. The topological polar surface area (TPSA) is 75.6 Å². The van der Waals surface area contributed by atoms with Crippen LogP contribution in [-0.4, -0.2) is 53.1 Å². The highest BCUT2D eigenvalue weighted by molar-refractivity contribution is 5.79. The number of aryl methyl sites for hydroxylation is 1. The second-order valence-corrected chi connectivity index (χ2v) is 6.23. The number of hydrogen-bond acceptors (Lipinski definition) is 5. The Morgan fingerprint density at radius 2 is 2.14 bits per heavy atom. The lowest BCUT2D eigenvalue weighted by Crippen LogP contribution is -2.45. The predicted octanol–water partition coefficient (Wildman–Crippen LogP) is 1.07. The van der Waals surface area contributed by atoms with E-state index in [9.17, 15) is 4.79 Å². The van der Waals surface area contributed by atoms with Crippen molar-refractivity contribution in [2.24, 2.45) is 5.73 Å². The Labute approximate surface area is 125 Å². The van der Waals surface area contributed by atoms with Gasteiger partial charge in [0, 0.05) is 31.7 Å². The number of rotatable bonds is 3. The predicted molar refractivity (Wildman–Crippen MR) is 78.6 cm³/mol. The maximum atomic E-state index is 12.6. The summed E-state index contributed by atoms with van der Waals surface area (Å²) in [5, 5.41) is 3.94. The lowest BCUT2D eigenvalue weighted by atomic mass is 10.1. The molecule has 0 spiro atoms. The van der Waals surface area contributed by atoms with E-state index in [1.54, 1.807) is 0 Å². The fourth-order valence-corrected chi connectivity index (χ4v) is 3.29. The number of carbonyl (C=O) groups is 1. The summed E-state index contributed by atoms with van der Waals surface area (Å²) in [5.74, 6) is 1.01. The Morgan fingerprint density at radius 1 is 1.38 bits per heavy atom. The van der Waals surface area contributed by atoms with Crippen molar-refractivity contribution in [3.8, 4) is 0 Å². The van der Waals surface area contributed by atoms with Gasteiger partial charge in [-0.05, 0) is 32.6 Å². The van der Waals surface area contributed by atoms with Crippen LogP contribution < -0.4 is 5.73 Å².